The van der Waals surface area contributed by atoms with E-state index in [2.05, 4.69) is 10.6 Å². The maximum Gasteiger partial charge on any atom is 0.315 e. The molecule has 0 saturated heterocycles. The molecule has 3 N–H and O–H groups in total. The molecule has 1 atom stereocenters. The molecule has 0 spiro atoms. The van der Waals surface area contributed by atoms with Crippen molar-refractivity contribution in [1.82, 2.24) is 10.6 Å². The van der Waals surface area contributed by atoms with Gasteiger partial charge in [-0.15, -0.1) is 0 Å². The molecule has 1 saturated carbocycles. The van der Waals surface area contributed by atoms with Gasteiger partial charge in [0.2, 0.25) is 0 Å². The number of hydrogen-bond donors (Lipinski definition) is 3. The Kier molecular flexibility index (Phi) is 3.75. The van der Waals surface area contributed by atoms with E-state index in [1.54, 1.807) is 6.92 Å². The molecule has 0 aromatic heterocycles. The van der Waals surface area contributed by atoms with Crippen LogP contribution < -0.4 is 10.6 Å². The van der Waals surface area contributed by atoms with E-state index >= 15 is 0 Å². The number of urea groups is 1. The molecule has 0 aliphatic heterocycles. The van der Waals surface area contributed by atoms with Crippen LogP contribution in [0.3, 0.4) is 0 Å². The molecular formula is C10H20N2O2. The van der Waals surface area contributed by atoms with Gasteiger partial charge < -0.3 is 15.7 Å². The molecule has 0 heterocycles. The minimum atomic E-state index is -0.795. The number of nitrogens with one attached hydrogen (secondary N) is 2. The fraction of sp³-hybridized carbons (Fsp3) is 0.900. The number of aliphatic hydroxyl groups is 1. The van der Waals surface area contributed by atoms with Crippen LogP contribution in [0.25, 0.3) is 0 Å². The average molecular weight is 200 g/mol. The van der Waals surface area contributed by atoms with Crippen LogP contribution in [0.15, 0.2) is 0 Å². The fourth-order valence-electron chi connectivity index (χ4n) is 1.18. The zero-order chi connectivity index (χ0) is 10.6. The fourth-order valence-corrected chi connectivity index (χ4v) is 1.18. The summed E-state index contributed by atoms with van der Waals surface area (Å²) in [7, 11) is 0. The first-order valence-corrected chi connectivity index (χ1v) is 5.30. The van der Waals surface area contributed by atoms with Crippen LogP contribution in [-0.4, -0.2) is 29.3 Å². The van der Waals surface area contributed by atoms with Crippen molar-refractivity contribution in [1.29, 1.82) is 0 Å². The zero-order valence-corrected chi connectivity index (χ0v) is 8.97. The van der Waals surface area contributed by atoms with Gasteiger partial charge in [-0.25, -0.2) is 4.79 Å². The highest BCUT2D eigenvalue weighted by Gasteiger charge is 2.21. The van der Waals surface area contributed by atoms with Crippen molar-refractivity contribution in [3.8, 4) is 0 Å². The highest BCUT2D eigenvalue weighted by atomic mass is 16.3. The van der Waals surface area contributed by atoms with Crippen LogP contribution in [0.5, 0.6) is 0 Å². The van der Waals surface area contributed by atoms with Crippen LogP contribution in [0.4, 0.5) is 4.79 Å². The molecule has 4 nitrogen and oxygen atoms in total. The van der Waals surface area contributed by atoms with Crippen molar-refractivity contribution in [3.63, 3.8) is 0 Å². The van der Waals surface area contributed by atoms with Gasteiger partial charge in [0.15, 0.2) is 0 Å². The SMILES string of the molecule is CCC(C)(O)CNC(=O)NC1CCC1. The third-order valence-electron chi connectivity index (χ3n) is 2.83. The molecule has 1 fully saturated rings. The monoisotopic (exact) mass is 200 g/mol. The summed E-state index contributed by atoms with van der Waals surface area (Å²) < 4.78 is 0. The Morgan fingerprint density at radius 3 is 2.64 bits per heavy atom. The lowest BCUT2D eigenvalue weighted by Gasteiger charge is -2.28. The van der Waals surface area contributed by atoms with Crippen LogP contribution in [0.2, 0.25) is 0 Å². The summed E-state index contributed by atoms with van der Waals surface area (Å²) in [5.74, 6) is 0. The molecule has 0 aromatic carbocycles. The highest BCUT2D eigenvalue weighted by molar-refractivity contribution is 5.74. The lowest BCUT2D eigenvalue weighted by atomic mass is 9.93. The van der Waals surface area contributed by atoms with Crippen molar-refractivity contribution in [3.05, 3.63) is 0 Å². The van der Waals surface area contributed by atoms with Gasteiger partial charge in [-0.2, -0.15) is 0 Å². The second kappa shape index (κ2) is 4.64. The molecule has 1 rings (SSSR count). The normalized spacial score (nSPS) is 20.8. The third-order valence-corrected chi connectivity index (χ3v) is 2.83. The molecule has 0 aromatic rings. The Bertz CT molecular complexity index is 200. The van der Waals surface area contributed by atoms with Gasteiger partial charge in [0, 0.05) is 12.6 Å². The summed E-state index contributed by atoms with van der Waals surface area (Å²) in [6.45, 7) is 3.92. The molecule has 4 heteroatoms. The lowest BCUT2D eigenvalue weighted by molar-refractivity contribution is 0.0579. The second-order valence-electron chi connectivity index (χ2n) is 4.31. The van der Waals surface area contributed by atoms with E-state index in [1.807, 2.05) is 6.92 Å². The van der Waals surface area contributed by atoms with Crippen molar-refractivity contribution in [2.45, 2.75) is 51.2 Å². The van der Waals surface area contributed by atoms with Crippen molar-refractivity contribution >= 4 is 6.03 Å². The first-order valence-electron chi connectivity index (χ1n) is 5.30. The van der Waals surface area contributed by atoms with E-state index in [1.165, 1.54) is 6.42 Å². The largest absolute Gasteiger partial charge is 0.388 e. The third kappa shape index (κ3) is 3.54. The Morgan fingerprint density at radius 2 is 2.21 bits per heavy atom. The van der Waals surface area contributed by atoms with Crippen molar-refractivity contribution in [2.24, 2.45) is 0 Å². The molecular weight excluding hydrogens is 180 g/mol. The predicted molar refractivity (Wildman–Crippen MR) is 55.1 cm³/mol. The van der Waals surface area contributed by atoms with E-state index in [9.17, 15) is 9.90 Å². The summed E-state index contributed by atoms with van der Waals surface area (Å²) in [6, 6.07) is 0.185. The first kappa shape index (κ1) is 11.3. The van der Waals surface area contributed by atoms with E-state index in [0.29, 0.717) is 19.0 Å². The Balaban J connectivity index is 2.13. The van der Waals surface area contributed by atoms with Gasteiger partial charge in [-0.1, -0.05) is 6.92 Å². The summed E-state index contributed by atoms with van der Waals surface area (Å²) in [4.78, 5) is 11.3. The topological polar surface area (TPSA) is 61.4 Å². The Labute approximate surface area is 85.1 Å². The van der Waals surface area contributed by atoms with Crippen molar-refractivity contribution < 1.29 is 9.90 Å². The number of carbonyl (C=O) groups is 1. The smallest absolute Gasteiger partial charge is 0.315 e. The summed E-state index contributed by atoms with van der Waals surface area (Å²) >= 11 is 0. The van der Waals surface area contributed by atoms with Gasteiger partial charge in [0.1, 0.15) is 0 Å². The minimum absolute atomic E-state index is 0.163. The van der Waals surface area contributed by atoms with Crippen molar-refractivity contribution in [2.75, 3.05) is 6.54 Å². The Hall–Kier alpha value is -0.770. The van der Waals surface area contributed by atoms with Gasteiger partial charge in [-0.05, 0) is 32.6 Å². The van der Waals surface area contributed by atoms with E-state index < -0.39 is 5.60 Å². The van der Waals surface area contributed by atoms with Crippen LogP contribution in [0, 0.1) is 0 Å². The molecule has 0 radical (unpaired) electrons. The standard InChI is InChI=1S/C10H20N2O2/c1-3-10(2,14)7-11-9(13)12-8-5-4-6-8/h8,14H,3-7H2,1-2H3,(H2,11,12,13). The molecule has 0 bridgehead atoms. The lowest BCUT2D eigenvalue weighted by Crippen LogP contribution is -2.49. The maximum atomic E-state index is 11.3. The van der Waals surface area contributed by atoms with E-state index in [-0.39, 0.29) is 6.03 Å². The van der Waals surface area contributed by atoms with Gasteiger partial charge in [0.25, 0.3) is 0 Å². The predicted octanol–water partition coefficient (Wildman–Crippen LogP) is 0.999. The van der Waals surface area contributed by atoms with Crippen LogP contribution >= 0.6 is 0 Å². The molecule has 1 aliphatic carbocycles. The zero-order valence-electron chi connectivity index (χ0n) is 8.97. The van der Waals surface area contributed by atoms with Gasteiger partial charge >= 0.3 is 6.03 Å². The number of hydrogen-bond acceptors (Lipinski definition) is 2. The number of amides is 2. The quantitative estimate of drug-likeness (QED) is 0.634. The van der Waals surface area contributed by atoms with Gasteiger partial charge in [0.05, 0.1) is 5.60 Å². The van der Waals surface area contributed by atoms with Gasteiger partial charge in [-0.3, -0.25) is 0 Å². The van der Waals surface area contributed by atoms with Crippen LogP contribution in [-0.2, 0) is 0 Å². The Morgan fingerprint density at radius 1 is 1.57 bits per heavy atom. The summed E-state index contributed by atoms with van der Waals surface area (Å²) in [6.07, 6.45) is 4.00. The molecule has 2 amide bonds. The number of carbonyl (C=O) groups excluding carboxylic acids is 1. The molecule has 14 heavy (non-hydrogen) atoms. The average Bonchev–Trinajstić information content (AvgIpc) is 2.08. The van der Waals surface area contributed by atoms with Crippen LogP contribution in [0.1, 0.15) is 39.5 Å². The van der Waals surface area contributed by atoms with E-state index in [0.717, 1.165) is 12.8 Å². The summed E-state index contributed by atoms with van der Waals surface area (Å²) in [5.41, 5.74) is -0.795. The maximum absolute atomic E-state index is 11.3. The molecule has 1 unspecified atom stereocenters. The highest BCUT2D eigenvalue weighted by Crippen LogP contribution is 2.17. The first-order chi connectivity index (χ1) is 6.53. The summed E-state index contributed by atoms with van der Waals surface area (Å²) in [5, 5.41) is 15.2. The minimum Gasteiger partial charge on any atom is -0.388 e. The van der Waals surface area contributed by atoms with E-state index in [4.69, 9.17) is 0 Å². The second-order valence-corrected chi connectivity index (χ2v) is 4.31. The number of rotatable bonds is 4. The molecule has 1 aliphatic rings. The molecule has 82 valence electrons.